The molecule has 0 radical (unpaired) electrons. The van der Waals surface area contributed by atoms with Crippen molar-refractivity contribution in [3.05, 3.63) is 44.6 Å². The first-order valence-electron chi connectivity index (χ1n) is 6.63. The lowest BCUT2D eigenvalue weighted by molar-refractivity contribution is 0.522. The van der Waals surface area contributed by atoms with Crippen molar-refractivity contribution in [1.29, 1.82) is 0 Å². The zero-order valence-corrected chi connectivity index (χ0v) is 14.8. The van der Waals surface area contributed by atoms with Crippen molar-refractivity contribution >= 4 is 31.9 Å². The van der Waals surface area contributed by atoms with Gasteiger partial charge in [0, 0.05) is 34.7 Å². The lowest BCUT2D eigenvalue weighted by Gasteiger charge is -2.19. The smallest absolute Gasteiger partial charge is 0.0845 e. The largest absolute Gasteiger partial charge is 0.310 e. The van der Waals surface area contributed by atoms with Crippen LogP contribution in [0.3, 0.4) is 0 Å². The first-order valence-corrected chi connectivity index (χ1v) is 8.22. The molecule has 0 aliphatic rings. The van der Waals surface area contributed by atoms with Gasteiger partial charge in [-0.1, -0.05) is 44.0 Å². The van der Waals surface area contributed by atoms with E-state index >= 15 is 0 Å². The number of halogens is 2. The Morgan fingerprint density at radius 3 is 2.80 bits per heavy atom. The highest BCUT2D eigenvalue weighted by Gasteiger charge is 2.16. The van der Waals surface area contributed by atoms with Crippen LogP contribution >= 0.6 is 31.9 Å². The van der Waals surface area contributed by atoms with E-state index in [0.29, 0.717) is 0 Å². The highest BCUT2D eigenvalue weighted by atomic mass is 79.9. The van der Waals surface area contributed by atoms with Crippen LogP contribution in [-0.4, -0.2) is 21.5 Å². The molecule has 0 amide bonds. The highest BCUT2D eigenvalue weighted by Crippen LogP contribution is 2.28. The molecule has 1 unspecified atom stereocenters. The van der Waals surface area contributed by atoms with E-state index in [1.165, 1.54) is 5.56 Å². The fourth-order valence-corrected chi connectivity index (χ4v) is 2.99. The Hall–Kier alpha value is -0.720. The molecular weight excluding hydrogens is 384 g/mol. The normalized spacial score (nSPS) is 12.6. The van der Waals surface area contributed by atoms with Crippen LogP contribution in [0, 0.1) is 0 Å². The van der Waals surface area contributed by atoms with E-state index in [-0.39, 0.29) is 6.04 Å². The number of hydrogen-bond acceptors (Lipinski definition) is 3. The average Bonchev–Trinajstić information content (AvgIpc) is 2.83. The van der Waals surface area contributed by atoms with E-state index in [1.807, 2.05) is 19.3 Å². The fraction of sp³-hybridized carbons (Fsp3) is 0.429. The summed E-state index contributed by atoms with van der Waals surface area (Å²) in [5, 5.41) is 11.8. The molecule has 2 rings (SSSR count). The van der Waals surface area contributed by atoms with E-state index in [4.69, 9.17) is 0 Å². The molecule has 6 heteroatoms. The molecule has 0 saturated heterocycles. The first-order chi connectivity index (χ1) is 9.60. The summed E-state index contributed by atoms with van der Waals surface area (Å²) in [4.78, 5) is 0. The molecule has 20 heavy (non-hydrogen) atoms. The van der Waals surface area contributed by atoms with E-state index < -0.39 is 0 Å². The topological polar surface area (TPSA) is 42.7 Å². The number of rotatable bonds is 6. The number of aryl methyl sites for hydroxylation is 1. The Labute approximate surface area is 136 Å². The average molecular weight is 402 g/mol. The van der Waals surface area contributed by atoms with Crippen molar-refractivity contribution in [2.45, 2.75) is 25.8 Å². The molecule has 1 aromatic heterocycles. The lowest BCUT2D eigenvalue weighted by Crippen LogP contribution is -2.24. The summed E-state index contributed by atoms with van der Waals surface area (Å²) in [6, 6.07) is 6.47. The van der Waals surface area contributed by atoms with Gasteiger partial charge >= 0.3 is 0 Å². The lowest BCUT2D eigenvalue weighted by atomic mass is 10.0. The number of nitrogens with zero attached hydrogens (tertiary/aromatic N) is 3. The standard InChI is InChI=1S/C14H18Br2N4/c1-3-6-17-14(8-11-9-20(2)19-18-11)12-7-10(15)4-5-13(12)16/h4-5,7,9,14,17H,3,6,8H2,1-2H3. The van der Waals surface area contributed by atoms with Gasteiger partial charge in [-0.3, -0.25) is 4.68 Å². The van der Waals surface area contributed by atoms with Crippen LogP contribution in [0.25, 0.3) is 0 Å². The second-order valence-electron chi connectivity index (χ2n) is 4.76. The molecule has 0 aliphatic heterocycles. The SMILES string of the molecule is CCCNC(Cc1cn(C)nn1)c1cc(Br)ccc1Br. The monoisotopic (exact) mass is 400 g/mol. The quantitative estimate of drug-likeness (QED) is 0.803. The Balaban J connectivity index is 2.24. The molecule has 0 saturated carbocycles. The van der Waals surface area contributed by atoms with E-state index in [9.17, 15) is 0 Å². The third-order valence-electron chi connectivity index (χ3n) is 3.04. The summed E-state index contributed by atoms with van der Waals surface area (Å²) in [5.41, 5.74) is 2.23. The first kappa shape index (κ1) is 15.7. The molecule has 1 aromatic carbocycles. The van der Waals surface area contributed by atoms with E-state index in [2.05, 4.69) is 66.5 Å². The van der Waals surface area contributed by atoms with Crippen molar-refractivity contribution in [1.82, 2.24) is 20.3 Å². The maximum Gasteiger partial charge on any atom is 0.0845 e. The molecule has 1 heterocycles. The molecule has 0 spiro atoms. The van der Waals surface area contributed by atoms with Gasteiger partial charge in [-0.05, 0) is 36.7 Å². The Morgan fingerprint density at radius 1 is 1.35 bits per heavy atom. The van der Waals surface area contributed by atoms with Gasteiger partial charge in [0.2, 0.25) is 0 Å². The van der Waals surface area contributed by atoms with E-state index in [0.717, 1.165) is 34.0 Å². The van der Waals surface area contributed by atoms with Gasteiger partial charge in [0.25, 0.3) is 0 Å². The van der Waals surface area contributed by atoms with Gasteiger partial charge in [0.15, 0.2) is 0 Å². The van der Waals surface area contributed by atoms with Gasteiger partial charge in [0.05, 0.1) is 5.69 Å². The number of benzene rings is 1. The number of nitrogens with one attached hydrogen (secondary N) is 1. The maximum atomic E-state index is 4.19. The van der Waals surface area contributed by atoms with Crippen LogP contribution in [0.1, 0.15) is 30.6 Å². The van der Waals surface area contributed by atoms with Gasteiger partial charge in [-0.25, -0.2) is 0 Å². The number of aromatic nitrogens is 3. The van der Waals surface area contributed by atoms with Crippen LogP contribution in [0.15, 0.2) is 33.3 Å². The minimum absolute atomic E-state index is 0.221. The summed E-state index contributed by atoms with van der Waals surface area (Å²) >= 11 is 7.18. The second-order valence-corrected chi connectivity index (χ2v) is 6.53. The number of hydrogen-bond donors (Lipinski definition) is 1. The van der Waals surface area contributed by atoms with Gasteiger partial charge in [-0.2, -0.15) is 0 Å². The minimum atomic E-state index is 0.221. The third kappa shape index (κ3) is 4.14. The fourth-order valence-electron chi connectivity index (χ4n) is 2.09. The van der Waals surface area contributed by atoms with Crippen molar-refractivity contribution in [3.63, 3.8) is 0 Å². The molecular formula is C14H18Br2N4. The summed E-state index contributed by atoms with van der Waals surface area (Å²) < 4.78 is 3.93. The summed E-state index contributed by atoms with van der Waals surface area (Å²) in [7, 11) is 1.89. The molecule has 2 aromatic rings. The van der Waals surface area contributed by atoms with Crippen LogP contribution < -0.4 is 5.32 Å². The van der Waals surface area contributed by atoms with Crippen LogP contribution in [0.5, 0.6) is 0 Å². The van der Waals surface area contributed by atoms with Crippen LogP contribution in [0.2, 0.25) is 0 Å². The molecule has 1 atom stereocenters. The molecule has 108 valence electrons. The predicted octanol–water partition coefficient (Wildman–Crippen LogP) is 3.62. The van der Waals surface area contributed by atoms with Crippen molar-refractivity contribution in [2.75, 3.05) is 6.54 Å². The summed E-state index contributed by atoms with van der Waals surface area (Å²) in [6.07, 6.45) is 3.89. The summed E-state index contributed by atoms with van der Waals surface area (Å²) in [5.74, 6) is 0. The van der Waals surface area contributed by atoms with Gasteiger partial charge in [-0.15, -0.1) is 5.10 Å². The molecule has 1 N–H and O–H groups in total. The van der Waals surface area contributed by atoms with E-state index in [1.54, 1.807) is 4.68 Å². The van der Waals surface area contributed by atoms with Gasteiger partial charge in [0.1, 0.15) is 0 Å². The van der Waals surface area contributed by atoms with Crippen LogP contribution in [-0.2, 0) is 13.5 Å². The Kier molecular flexibility index (Phi) is 5.74. The molecule has 0 bridgehead atoms. The third-order valence-corrected chi connectivity index (χ3v) is 4.25. The predicted molar refractivity (Wildman–Crippen MR) is 87.6 cm³/mol. The van der Waals surface area contributed by atoms with Crippen molar-refractivity contribution in [2.24, 2.45) is 7.05 Å². The zero-order chi connectivity index (χ0) is 14.5. The molecule has 0 fully saturated rings. The summed E-state index contributed by atoms with van der Waals surface area (Å²) in [6.45, 7) is 3.15. The highest BCUT2D eigenvalue weighted by molar-refractivity contribution is 9.11. The van der Waals surface area contributed by atoms with Crippen molar-refractivity contribution in [3.8, 4) is 0 Å². The van der Waals surface area contributed by atoms with Crippen LogP contribution in [0.4, 0.5) is 0 Å². The van der Waals surface area contributed by atoms with Crippen molar-refractivity contribution < 1.29 is 0 Å². The Bertz CT molecular complexity index is 568. The minimum Gasteiger partial charge on any atom is -0.310 e. The zero-order valence-electron chi connectivity index (χ0n) is 11.6. The maximum absolute atomic E-state index is 4.19. The second kappa shape index (κ2) is 7.33. The van der Waals surface area contributed by atoms with Gasteiger partial charge < -0.3 is 5.32 Å². The Morgan fingerprint density at radius 2 is 2.15 bits per heavy atom. The molecule has 4 nitrogen and oxygen atoms in total. The molecule has 0 aliphatic carbocycles.